The average Bonchev–Trinajstić information content (AvgIpc) is 2.44. The molecular formula is C19H33N. The Balaban J connectivity index is 2.96. The van der Waals surface area contributed by atoms with Gasteiger partial charge in [-0.15, -0.1) is 0 Å². The molecule has 0 aliphatic carbocycles. The van der Waals surface area contributed by atoms with Gasteiger partial charge in [0.25, 0.3) is 0 Å². The van der Waals surface area contributed by atoms with E-state index < -0.39 is 0 Å². The molecule has 0 aliphatic rings. The largest absolute Gasteiger partial charge is 0.314 e. The summed E-state index contributed by atoms with van der Waals surface area (Å²) in [5, 5.41) is 3.68. The van der Waals surface area contributed by atoms with E-state index in [4.69, 9.17) is 0 Å². The van der Waals surface area contributed by atoms with Crippen molar-refractivity contribution in [2.45, 2.75) is 71.8 Å². The van der Waals surface area contributed by atoms with Gasteiger partial charge in [0, 0.05) is 18.0 Å². The monoisotopic (exact) mass is 275 g/mol. The van der Waals surface area contributed by atoms with E-state index >= 15 is 0 Å². The second-order valence-electron chi connectivity index (χ2n) is 6.63. The van der Waals surface area contributed by atoms with Gasteiger partial charge in [-0.05, 0) is 24.3 Å². The van der Waals surface area contributed by atoms with Crippen molar-refractivity contribution in [2.24, 2.45) is 5.92 Å². The van der Waals surface area contributed by atoms with Gasteiger partial charge in [0.15, 0.2) is 0 Å². The van der Waals surface area contributed by atoms with E-state index in [2.05, 4.69) is 70.3 Å². The summed E-state index contributed by atoms with van der Waals surface area (Å²) in [6.07, 6.45) is 5.09. The molecule has 0 radical (unpaired) electrons. The normalized spacial score (nSPS) is 16.1. The Morgan fingerprint density at radius 1 is 1.05 bits per heavy atom. The second kappa shape index (κ2) is 8.46. The van der Waals surface area contributed by atoms with Crippen LogP contribution in [0.5, 0.6) is 0 Å². The lowest BCUT2D eigenvalue weighted by atomic mass is 9.71. The Morgan fingerprint density at radius 3 is 2.20 bits per heavy atom. The molecule has 0 aliphatic heterocycles. The molecule has 0 saturated heterocycles. The quantitative estimate of drug-likeness (QED) is 0.656. The molecule has 0 aromatic heterocycles. The highest BCUT2D eigenvalue weighted by Gasteiger charge is 2.31. The maximum Gasteiger partial charge on any atom is 0.00777 e. The summed E-state index contributed by atoms with van der Waals surface area (Å²) in [4.78, 5) is 0. The first-order valence-electron chi connectivity index (χ1n) is 8.33. The van der Waals surface area contributed by atoms with Crippen molar-refractivity contribution in [1.29, 1.82) is 0 Å². The molecule has 2 unspecified atom stereocenters. The summed E-state index contributed by atoms with van der Waals surface area (Å²) < 4.78 is 0. The van der Waals surface area contributed by atoms with Gasteiger partial charge in [0.05, 0.1) is 0 Å². The Hall–Kier alpha value is -0.820. The van der Waals surface area contributed by atoms with Gasteiger partial charge in [-0.1, -0.05) is 77.8 Å². The number of rotatable bonds is 9. The summed E-state index contributed by atoms with van der Waals surface area (Å²) in [6, 6.07) is 11.6. The number of benzene rings is 1. The van der Waals surface area contributed by atoms with Crippen LogP contribution in [0.2, 0.25) is 0 Å². The molecule has 1 aromatic rings. The van der Waals surface area contributed by atoms with Crippen LogP contribution in [0.1, 0.15) is 65.9 Å². The van der Waals surface area contributed by atoms with Crippen molar-refractivity contribution in [1.82, 2.24) is 5.32 Å². The highest BCUT2D eigenvalue weighted by atomic mass is 14.9. The zero-order valence-electron chi connectivity index (χ0n) is 14.1. The fraction of sp³-hybridized carbons (Fsp3) is 0.684. The summed E-state index contributed by atoms with van der Waals surface area (Å²) in [7, 11) is 0. The molecule has 0 spiro atoms. The number of nitrogens with one attached hydrogen (secondary N) is 1. The first-order chi connectivity index (χ1) is 9.54. The molecule has 1 N–H and O–H groups in total. The molecule has 0 saturated carbocycles. The molecule has 0 heterocycles. The molecule has 2 atom stereocenters. The van der Waals surface area contributed by atoms with Crippen LogP contribution >= 0.6 is 0 Å². The predicted octanol–water partition coefficient (Wildman–Crippen LogP) is 5.16. The molecule has 114 valence electrons. The third kappa shape index (κ3) is 4.94. The lowest BCUT2D eigenvalue weighted by Crippen LogP contribution is -2.41. The minimum absolute atomic E-state index is 0.278. The van der Waals surface area contributed by atoms with Crippen LogP contribution in [0.4, 0.5) is 0 Å². The maximum atomic E-state index is 3.68. The standard InChI is InChI=1S/C19H33N/c1-6-11-17(5)14-19(7-2,15-20-16(3)4)18-12-9-8-10-13-18/h8-10,12-13,16-17,20H,6-7,11,14-15H2,1-5H3. The molecule has 1 rings (SSSR count). The average molecular weight is 275 g/mol. The van der Waals surface area contributed by atoms with Crippen LogP contribution < -0.4 is 5.32 Å². The summed E-state index contributed by atoms with van der Waals surface area (Å²) in [5.41, 5.74) is 1.78. The molecular weight excluding hydrogens is 242 g/mol. The van der Waals surface area contributed by atoms with Crippen LogP contribution in [-0.2, 0) is 5.41 Å². The van der Waals surface area contributed by atoms with Gasteiger partial charge in [-0.25, -0.2) is 0 Å². The van der Waals surface area contributed by atoms with E-state index in [1.54, 1.807) is 0 Å². The van der Waals surface area contributed by atoms with Crippen molar-refractivity contribution in [3.63, 3.8) is 0 Å². The summed E-state index contributed by atoms with van der Waals surface area (Å²) in [5.74, 6) is 0.786. The van der Waals surface area contributed by atoms with Gasteiger partial charge < -0.3 is 5.32 Å². The number of hydrogen-bond donors (Lipinski definition) is 1. The van der Waals surface area contributed by atoms with E-state index in [1.165, 1.54) is 31.2 Å². The topological polar surface area (TPSA) is 12.0 Å². The third-order valence-electron chi connectivity index (χ3n) is 4.43. The van der Waals surface area contributed by atoms with Gasteiger partial charge >= 0.3 is 0 Å². The van der Waals surface area contributed by atoms with Crippen LogP contribution in [-0.4, -0.2) is 12.6 Å². The van der Waals surface area contributed by atoms with Gasteiger partial charge in [0.1, 0.15) is 0 Å². The van der Waals surface area contributed by atoms with Crippen molar-refractivity contribution in [3.8, 4) is 0 Å². The van der Waals surface area contributed by atoms with Crippen LogP contribution in [0, 0.1) is 5.92 Å². The highest BCUT2D eigenvalue weighted by molar-refractivity contribution is 5.26. The minimum atomic E-state index is 0.278. The smallest absolute Gasteiger partial charge is 0.00777 e. The Kier molecular flexibility index (Phi) is 7.29. The SMILES string of the molecule is CCCC(C)CC(CC)(CNC(C)C)c1ccccc1. The lowest BCUT2D eigenvalue weighted by Gasteiger charge is -2.37. The Morgan fingerprint density at radius 2 is 1.70 bits per heavy atom. The van der Waals surface area contributed by atoms with Crippen LogP contribution in [0.3, 0.4) is 0 Å². The van der Waals surface area contributed by atoms with E-state index in [0.717, 1.165) is 12.5 Å². The Labute approximate surface area is 126 Å². The maximum absolute atomic E-state index is 3.68. The van der Waals surface area contributed by atoms with E-state index in [1.807, 2.05) is 0 Å². The van der Waals surface area contributed by atoms with Crippen molar-refractivity contribution in [3.05, 3.63) is 35.9 Å². The molecule has 1 heteroatoms. The summed E-state index contributed by atoms with van der Waals surface area (Å²) in [6.45, 7) is 12.6. The zero-order chi connectivity index (χ0) is 15.0. The zero-order valence-corrected chi connectivity index (χ0v) is 14.1. The molecule has 0 amide bonds. The number of hydrogen-bond acceptors (Lipinski definition) is 1. The molecule has 1 aromatic carbocycles. The van der Waals surface area contributed by atoms with E-state index in [0.29, 0.717) is 6.04 Å². The fourth-order valence-electron chi connectivity index (χ4n) is 3.22. The van der Waals surface area contributed by atoms with Crippen molar-refractivity contribution < 1.29 is 0 Å². The first kappa shape index (κ1) is 17.2. The molecule has 0 bridgehead atoms. The lowest BCUT2D eigenvalue weighted by molar-refractivity contribution is 0.284. The Bertz CT molecular complexity index is 357. The highest BCUT2D eigenvalue weighted by Crippen LogP contribution is 2.35. The van der Waals surface area contributed by atoms with Gasteiger partial charge in [0.2, 0.25) is 0 Å². The second-order valence-corrected chi connectivity index (χ2v) is 6.63. The van der Waals surface area contributed by atoms with Crippen LogP contribution in [0.25, 0.3) is 0 Å². The summed E-state index contributed by atoms with van der Waals surface area (Å²) >= 11 is 0. The minimum Gasteiger partial charge on any atom is -0.314 e. The first-order valence-corrected chi connectivity index (χ1v) is 8.33. The fourth-order valence-corrected chi connectivity index (χ4v) is 3.22. The van der Waals surface area contributed by atoms with Gasteiger partial charge in [-0.3, -0.25) is 0 Å². The van der Waals surface area contributed by atoms with Crippen molar-refractivity contribution >= 4 is 0 Å². The van der Waals surface area contributed by atoms with Crippen molar-refractivity contribution in [2.75, 3.05) is 6.54 Å². The van der Waals surface area contributed by atoms with Gasteiger partial charge in [-0.2, -0.15) is 0 Å². The van der Waals surface area contributed by atoms with Crippen LogP contribution in [0.15, 0.2) is 30.3 Å². The third-order valence-corrected chi connectivity index (χ3v) is 4.43. The molecule has 20 heavy (non-hydrogen) atoms. The van der Waals surface area contributed by atoms with E-state index in [-0.39, 0.29) is 5.41 Å². The predicted molar refractivity (Wildman–Crippen MR) is 90.2 cm³/mol. The molecule has 0 fully saturated rings. The molecule has 1 nitrogen and oxygen atoms in total. The van der Waals surface area contributed by atoms with E-state index in [9.17, 15) is 0 Å².